The SMILES string of the molecule is OCCC1CN(Cc2ccccc2O)CCN1Cc1ccccc1F. The van der Waals surface area contributed by atoms with E-state index in [1.807, 2.05) is 30.3 Å². The number of hydrogen-bond donors (Lipinski definition) is 2. The van der Waals surface area contributed by atoms with Crippen LogP contribution in [-0.2, 0) is 13.1 Å². The van der Waals surface area contributed by atoms with Gasteiger partial charge in [0.1, 0.15) is 11.6 Å². The van der Waals surface area contributed by atoms with Gasteiger partial charge in [-0.2, -0.15) is 0 Å². The molecular formula is C20H25FN2O2. The van der Waals surface area contributed by atoms with E-state index in [2.05, 4.69) is 9.80 Å². The second kappa shape index (κ2) is 8.43. The zero-order valence-electron chi connectivity index (χ0n) is 14.3. The van der Waals surface area contributed by atoms with Crippen LogP contribution in [0.1, 0.15) is 17.5 Å². The van der Waals surface area contributed by atoms with Crippen LogP contribution in [0.25, 0.3) is 0 Å². The zero-order chi connectivity index (χ0) is 17.6. The molecule has 1 aliphatic rings. The summed E-state index contributed by atoms with van der Waals surface area (Å²) in [5.41, 5.74) is 1.60. The summed E-state index contributed by atoms with van der Waals surface area (Å²) in [5.74, 6) is 0.136. The molecule has 2 aromatic carbocycles. The molecule has 0 saturated carbocycles. The lowest BCUT2D eigenvalue weighted by Gasteiger charge is -2.41. The van der Waals surface area contributed by atoms with E-state index < -0.39 is 0 Å². The molecule has 1 atom stereocenters. The number of rotatable bonds is 6. The molecule has 1 fully saturated rings. The molecule has 1 aliphatic heterocycles. The Morgan fingerprint density at radius 3 is 2.40 bits per heavy atom. The van der Waals surface area contributed by atoms with E-state index in [-0.39, 0.29) is 18.5 Å². The fourth-order valence-corrected chi connectivity index (χ4v) is 3.46. The lowest BCUT2D eigenvalue weighted by atomic mass is 10.1. The van der Waals surface area contributed by atoms with Crippen LogP contribution in [0.5, 0.6) is 5.75 Å². The van der Waals surface area contributed by atoms with Crippen LogP contribution in [-0.4, -0.2) is 52.3 Å². The van der Waals surface area contributed by atoms with Crippen molar-refractivity contribution >= 4 is 0 Å². The summed E-state index contributed by atoms with van der Waals surface area (Å²) in [6.07, 6.45) is 0.658. The lowest BCUT2D eigenvalue weighted by Crippen LogP contribution is -2.52. The standard InChI is InChI=1S/C20H25FN2O2/c21-19-7-3-1-5-16(19)14-23-11-10-22(15-18(23)9-12-24)13-17-6-2-4-8-20(17)25/h1-8,18,24-25H,9-15H2. The Bertz CT molecular complexity index is 695. The summed E-state index contributed by atoms with van der Waals surface area (Å²) in [6.45, 7) is 3.81. The first-order valence-corrected chi connectivity index (χ1v) is 8.75. The number of aliphatic hydroxyl groups excluding tert-OH is 1. The molecule has 2 aromatic rings. The average Bonchev–Trinajstić information content (AvgIpc) is 2.61. The van der Waals surface area contributed by atoms with Gasteiger partial charge in [0.15, 0.2) is 0 Å². The highest BCUT2D eigenvalue weighted by atomic mass is 19.1. The van der Waals surface area contributed by atoms with Crippen LogP contribution >= 0.6 is 0 Å². The maximum atomic E-state index is 14.0. The number of para-hydroxylation sites is 1. The molecule has 3 rings (SSSR count). The molecule has 0 aliphatic carbocycles. The first kappa shape index (κ1) is 17.9. The minimum Gasteiger partial charge on any atom is -0.508 e. The van der Waals surface area contributed by atoms with Crippen molar-refractivity contribution < 1.29 is 14.6 Å². The van der Waals surface area contributed by atoms with Crippen LogP contribution in [0.2, 0.25) is 0 Å². The third kappa shape index (κ3) is 4.57. The molecule has 0 amide bonds. The third-order valence-electron chi connectivity index (χ3n) is 4.87. The molecular weight excluding hydrogens is 319 g/mol. The Balaban J connectivity index is 1.66. The van der Waals surface area contributed by atoms with E-state index in [9.17, 15) is 14.6 Å². The van der Waals surface area contributed by atoms with E-state index in [0.29, 0.717) is 30.8 Å². The van der Waals surface area contributed by atoms with Gasteiger partial charge in [-0.15, -0.1) is 0 Å². The highest BCUT2D eigenvalue weighted by Gasteiger charge is 2.27. The molecule has 0 radical (unpaired) electrons. The number of hydrogen-bond acceptors (Lipinski definition) is 4. The fraction of sp³-hybridized carbons (Fsp3) is 0.400. The molecule has 0 bridgehead atoms. The predicted molar refractivity (Wildman–Crippen MR) is 95.7 cm³/mol. The normalized spacial score (nSPS) is 19.2. The van der Waals surface area contributed by atoms with Crippen molar-refractivity contribution in [2.75, 3.05) is 26.2 Å². The fourth-order valence-electron chi connectivity index (χ4n) is 3.46. The molecule has 4 nitrogen and oxygen atoms in total. The number of benzene rings is 2. The molecule has 2 N–H and O–H groups in total. The number of phenols is 1. The Labute approximate surface area is 148 Å². The molecule has 25 heavy (non-hydrogen) atoms. The number of piperazine rings is 1. The van der Waals surface area contributed by atoms with Crippen molar-refractivity contribution in [2.45, 2.75) is 25.6 Å². The Morgan fingerprint density at radius 1 is 0.960 bits per heavy atom. The summed E-state index contributed by atoms with van der Waals surface area (Å²) in [6, 6.07) is 14.4. The molecule has 1 heterocycles. The highest BCUT2D eigenvalue weighted by molar-refractivity contribution is 5.31. The monoisotopic (exact) mass is 344 g/mol. The van der Waals surface area contributed by atoms with E-state index in [4.69, 9.17) is 0 Å². The van der Waals surface area contributed by atoms with Crippen LogP contribution in [0.4, 0.5) is 4.39 Å². The highest BCUT2D eigenvalue weighted by Crippen LogP contribution is 2.22. The first-order valence-electron chi connectivity index (χ1n) is 8.75. The second-order valence-corrected chi connectivity index (χ2v) is 6.59. The van der Waals surface area contributed by atoms with Gasteiger partial charge in [0.05, 0.1) is 0 Å². The van der Waals surface area contributed by atoms with Crippen LogP contribution < -0.4 is 0 Å². The number of aromatic hydroxyl groups is 1. The number of phenolic OH excluding ortho intramolecular Hbond substituents is 1. The summed E-state index contributed by atoms with van der Waals surface area (Å²) in [7, 11) is 0. The number of nitrogens with zero attached hydrogens (tertiary/aromatic N) is 2. The van der Waals surface area contributed by atoms with Crippen molar-refractivity contribution in [3.8, 4) is 5.75 Å². The van der Waals surface area contributed by atoms with Crippen LogP contribution in [0.3, 0.4) is 0 Å². The van der Waals surface area contributed by atoms with Crippen molar-refractivity contribution in [3.63, 3.8) is 0 Å². The molecule has 134 valence electrons. The van der Waals surface area contributed by atoms with Crippen molar-refractivity contribution in [1.82, 2.24) is 9.80 Å². The summed E-state index contributed by atoms with van der Waals surface area (Å²) >= 11 is 0. The van der Waals surface area contributed by atoms with Crippen LogP contribution in [0, 0.1) is 5.82 Å². The van der Waals surface area contributed by atoms with Gasteiger partial charge in [0.25, 0.3) is 0 Å². The van der Waals surface area contributed by atoms with Gasteiger partial charge in [-0.25, -0.2) is 4.39 Å². The van der Waals surface area contributed by atoms with E-state index >= 15 is 0 Å². The smallest absolute Gasteiger partial charge is 0.127 e. The molecule has 0 spiro atoms. The number of aliphatic hydroxyl groups is 1. The second-order valence-electron chi connectivity index (χ2n) is 6.59. The minimum atomic E-state index is -0.179. The van der Waals surface area contributed by atoms with E-state index in [0.717, 1.165) is 25.2 Å². The Morgan fingerprint density at radius 2 is 1.68 bits per heavy atom. The first-order chi connectivity index (χ1) is 12.2. The molecule has 0 aromatic heterocycles. The van der Waals surface area contributed by atoms with Gasteiger partial charge in [-0.3, -0.25) is 9.80 Å². The zero-order valence-corrected chi connectivity index (χ0v) is 14.3. The topological polar surface area (TPSA) is 46.9 Å². The van der Waals surface area contributed by atoms with E-state index in [1.54, 1.807) is 12.1 Å². The van der Waals surface area contributed by atoms with Gasteiger partial charge >= 0.3 is 0 Å². The van der Waals surface area contributed by atoms with Gasteiger partial charge in [-0.05, 0) is 18.6 Å². The van der Waals surface area contributed by atoms with E-state index in [1.165, 1.54) is 6.07 Å². The summed E-state index contributed by atoms with van der Waals surface area (Å²) in [5, 5.41) is 19.4. The predicted octanol–water partition coefficient (Wildman–Crippen LogP) is 2.60. The summed E-state index contributed by atoms with van der Waals surface area (Å²) in [4.78, 5) is 4.53. The summed E-state index contributed by atoms with van der Waals surface area (Å²) < 4.78 is 14.0. The van der Waals surface area contributed by atoms with Gasteiger partial charge in [0.2, 0.25) is 0 Å². The quantitative estimate of drug-likeness (QED) is 0.846. The Hall–Kier alpha value is -1.95. The molecule has 1 unspecified atom stereocenters. The maximum Gasteiger partial charge on any atom is 0.127 e. The third-order valence-corrected chi connectivity index (χ3v) is 4.87. The van der Waals surface area contributed by atoms with Gasteiger partial charge in [-0.1, -0.05) is 36.4 Å². The van der Waals surface area contributed by atoms with Crippen LogP contribution in [0.15, 0.2) is 48.5 Å². The van der Waals surface area contributed by atoms with Crippen molar-refractivity contribution in [2.24, 2.45) is 0 Å². The average molecular weight is 344 g/mol. The van der Waals surface area contributed by atoms with Crippen molar-refractivity contribution in [3.05, 3.63) is 65.5 Å². The van der Waals surface area contributed by atoms with Crippen molar-refractivity contribution in [1.29, 1.82) is 0 Å². The maximum absolute atomic E-state index is 14.0. The molecule has 1 saturated heterocycles. The molecule has 5 heteroatoms. The minimum absolute atomic E-state index is 0.114. The number of halogens is 1. The largest absolute Gasteiger partial charge is 0.508 e. The van der Waals surface area contributed by atoms with Gasteiger partial charge in [0, 0.05) is 56.5 Å². The Kier molecular flexibility index (Phi) is 6.02. The lowest BCUT2D eigenvalue weighted by molar-refractivity contribution is 0.0489. The van der Waals surface area contributed by atoms with Gasteiger partial charge < -0.3 is 10.2 Å².